The third kappa shape index (κ3) is 2.89. The van der Waals surface area contributed by atoms with Crippen molar-refractivity contribution < 1.29 is 4.39 Å². The van der Waals surface area contributed by atoms with Crippen LogP contribution in [0.3, 0.4) is 0 Å². The van der Waals surface area contributed by atoms with Gasteiger partial charge >= 0.3 is 0 Å². The molecule has 2 rings (SSSR count). The van der Waals surface area contributed by atoms with Gasteiger partial charge in [-0.05, 0) is 30.0 Å². The van der Waals surface area contributed by atoms with Crippen LogP contribution in [-0.4, -0.2) is 13.6 Å². The van der Waals surface area contributed by atoms with Gasteiger partial charge in [-0.25, -0.2) is 4.39 Å². The van der Waals surface area contributed by atoms with Crippen LogP contribution in [0.25, 0.3) is 0 Å². The summed E-state index contributed by atoms with van der Waals surface area (Å²) in [6.45, 7) is 1.09. The SMILES string of the molecule is CN(CCc1cccs1)c1cccc(F)c1CN. The van der Waals surface area contributed by atoms with Crippen LogP contribution in [0.5, 0.6) is 0 Å². The van der Waals surface area contributed by atoms with Crippen molar-refractivity contribution >= 4 is 17.0 Å². The number of rotatable bonds is 5. The van der Waals surface area contributed by atoms with Crippen LogP contribution in [-0.2, 0) is 13.0 Å². The second kappa shape index (κ2) is 5.98. The number of hydrogen-bond donors (Lipinski definition) is 1. The summed E-state index contributed by atoms with van der Waals surface area (Å²) >= 11 is 1.75. The molecule has 0 aliphatic rings. The second-order valence-electron chi connectivity index (χ2n) is 4.19. The average Bonchev–Trinajstić information content (AvgIpc) is 2.88. The molecule has 0 bridgehead atoms. The maximum absolute atomic E-state index is 13.6. The molecule has 0 saturated carbocycles. The molecule has 4 heteroatoms. The molecule has 0 atom stereocenters. The first-order chi connectivity index (χ1) is 8.72. The van der Waals surface area contributed by atoms with Gasteiger partial charge in [0.15, 0.2) is 0 Å². The Kier molecular flexibility index (Phi) is 4.33. The molecule has 0 aliphatic carbocycles. The Morgan fingerprint density at radius 2 is 2.11 bits per heavy atom. The van der Waals surface area contributed by atoms with Crippen LogP contribution >= 0.6 is 11.3 Å². The molecule has 2 nitrogen and oxygen atoms in total. The highest BCUT2D eigenvalue weighted by Gasteiger charge is 2.10. The number of halogens is 1. The third-order valence-electron chi connectivity index (χ3n) is 2.98. The Hall–Kier alpha value is -1.39. The highest BCUT2D eigenvalue weighted by molar-refractivity contribution is 7.09. The summed E-state index contributed by atoms with van der Waals surface area (Å²) in [5.41, 5.74) is 7.09. The van der Waals surface area contributed by atoms with Gasteiger partial charge in [0.25, 0.3) is 0 Å². The number of likely N-dealkylation sites (N-methyl/N-ethyl adjacent to an activating group) is 1. The topological polar surface area (TPSA) is 29.3 Å². The van der Waals surface area contributed by atoms with Crippen molar-refractivity contribution in [1.82, 2.24) is 0 Å². The van der Waals surface area contributed by atoms with E-state index in [4.69, 9.17) is 5.73 Å². The van der Waals surface area contributed by atoms with E-state index < -0.39 is 0 Å². The summed E-state index contributed by atoms with van der Waals surface area (Å²) in [7, 11) is 1.97. The number of nitrogens with zero attached hydrogens (tertiary/aromatic N) is 1. The molecule has 1 heterocycles. The summed E-state index contributed by atoms with van der Waals surface area (Å²) in [4.78, 5) is 3.40. The minimum atomic E-state index is -0.224. The van der Waals surface area contributed by atoms with E-state index in [9.17, 15) is 4.39 Å². The van der Waals surface area contributed by atoms with Crippen molar-refractivity contribution in [2.75, 3.05) is 18.5 Å². The lowest BCUT2D eigenvalue weighted by atomic mass is 10.1. The molecule has 0 amide bonds. The summed E-state index contributed by atoms with van der Waals surface area (Å²) in [5, 5.41) is 2.07. The van der Waals surface area contributed by atoms with Gasteiger partial charge in [0, 0.05) is 36.3 Å². The van der Waals surface area contributed by atoms with E-state index in [0.717, 1.165) is 18.7 Å². The molecule has 2 N–H and O–H groups in total. The number of benzene rings is 1. The van der Waals surface area contributed by atoms with Gasteiger partial charge in [-0.15, -0.1) is 11.3 Å². The van der Waals surface area contributed by atoms with Gasteiger partial charge in [0.05, 0.1) is 0 Å². The van der Waals surface area contributed by atoms with E-state index in [-0.39, 0.29) is 12.4 Å². The fourth-order valence-corrected chi connectivity index (χ4v) is 2.66. The molecule has 18 heavy (non-hydrogen) atoms. The zero-order valence-electron chi connectivity index (χ0n) is 10.4. The standard InChI is InChI=1S/C14H17FN2S/c1-17(8-7-11-4-3-9-18-11)14-6-2-5-13(15)12(14)10-16/h2-6,9H,7-8,10,16H2,1H3. The highest BCUT2D eigenvalue weighted by atomic mass is 32.1. The van der Waals surface area contributed by atoms with Crippen molar-refractivity contribution in [2.24, 2.45) is 5.73 Å². The molecule has 0 saturated heterocycles. The van der Waals surface area contributed by atoms with Crippen LogP contribution in [0, 0.1) is 5.82 Å². The molecule has 2 aromatic rings. The molecule has 1 aromatic carbocycles. The van der Waals surface area contributed by atoms with Gasteiger partial charge in [-0.2, -0.15) is 0 Å². The first-order valence-corrected chi connectivity index (χ1v) is 6.81. The lowest BCUT2D eigenvalue weighted by Crippen LogP contribution is -2.22. The van der Waals surface area contributed by atoms with Gasteiger partial charge in [-0.1, -0.05) is 12.1 Å². The maximum atomic E-state index is 13.6. The number of thiophene rings is 1. The Bertz CT molecular complexity index is 497. The minimum Gasteiger partial charge on any atom is -0.374 e. The highest BCUT2D eigenvalue weighted by Crippen LogP contribution is 2.22. The van der Waals surface area contributed by atoms with E-state index in [2.05, 4.69) is 16.3 Å². The summed E-state index contributed by atoms with van der Waals surface area (Å²) in [6, 6.07) is 9.27. The van der Waals surface area contributed by atoms with E-state index >= 15 is 0 Å². The van der Waals surface area contributed by atoms with Gasteiger partial charge in [-0.3, -0.25) is 0 Å². The summed E-state index contributed by atoms with van der Waals surface area (Å²) < 4.78 is 13.6. The van der Waals surface area contributed by atoms with Crippen LogP contribution in [0.15, 0.2) is 35.7 Å². The first-order valence-electron chi connectivity index (χ1n) is 5.93. The normalized spacial score (nSPS) is 10.6. The average molecular weight is 264 g/mol. The zero-order chi connectivity index (χ0) is 13.0. The predicted molar refractivity (Wildman–Crippen MR) is 75.6 cm³/mol. The molecule has 0 spiro atoms. The first kappa shape index (κ1) is 13.1. The molecular formula is C14H17FN2S. The Morgan fingerprint density at radius 1 is 1.28 bits per heavy atom. The smallest absolute Gasteiger partial charge is 0.129 e. The Labute approximate surface area is 111 Å². The van der Waals surface area contributed by atoms with Crippen molar-refractivity contribution in [3.05, 3.63) is 52.0 Å². The summed E-state index contributed by atoms with van der Waals surface area (Å²) in [5.74, 6) is -0.224. The van der Waals surface area contributed by atoms with Crippen LogP contribution in [0.1, 0.15) is 10.4 Å². The van der Waals surface area contributed by atoms with E-state index in [0.29, 0.717) is 5.56 Å². The zero-order valence-corrected chi connectivity index (χ0v) is 11.2. The number of nitrogens with two attached hydrogens (primary N) is 1. The van der Waals surface area contributed by atoms with Crippen molar-refractivity contribution in [2.45, 2.75) is 13.0 Å². The van der Waals surface area contributed by atoms with Gasteiger partial charge < -0.3 is 10.6 Å². The number of hydrogen-bond acceptors (Lipinski definition) is 3. The Morgan fingerprint density at radius 3 is 2.78 bits per heavy atom. The quantitative estimate of drug-likeness (QED) is 0.899. The largest absolute Gasteiger partial charge is 0.374 e. The van der Waals surface area contributed by atoms with Crippen LogP contribution in [0.4, 0.5) is 10.1 Å². The third-order valence-corrected chi connectivity index (χ3v) is 3.92. The molecule has 1 aromatic heterocycles. The van der Waals surface area contributed by atoms with Gasteiger partial charge in [0.2, 0.25) is 0 Å². The Balaban J connectivity index is 2.08. The molecule has 0 aliphatic heterocycles. The fourth-order valence-electron chi connectivity index (χ4n) is 1.96. The van der Waals surface area contributed by atoms with Crippen molar-refractivity contribution in [1.29, 1.82) is 0 Å². The van der Waals surface area contributed by atoms with E-state index in [1.165, 1.54) is 10.9 Å². The van der Waals surface area contributed by atoms with Crippen molar-refractivity contribution in [3.63, 3.8) is 0 Å². The number of anilines is 1. The lowest BCUT2D eigenvalue weighted by Gasteiger charge is -2.22. The predicted octanol–water partition coefficient (Wildman–Crippen LogP) is 3.02. The van der Waals surface area contributed by atoms with Crippen LogP contribution < -0.4 is 10.6 Å². The van der Waals surface area contributed by atoms with E-state index in [1.54, 1.807) is 17.4 Å². The van der Waals surface area contributed by atoms with Gasteiger partial charge in [0.1, 0.15) is 5.82 Å². The molecule has 0 unspecified atom stereocenters. The molecular weight excluding hydrogens is 247 g/mol. The molecule has 0 radical (unpaired) electrons. The van der Waals surface area contributed by atoms with E-state index in [1.807, 2.05) is 19.2 Å². The monoisotopic (exact) mass is 264 g/mol. The molecule has 96 valence electrons. The summed E-state index contributed by atoms with van der Waals surface area (Å²) in [6.07, 6.45) is 0.967. The minimum absolute atomic E-state index is 0.224. The molecule has 0 fully saturated rings. The fraction of sp³-hybridized carbons (Fsp3) is 0.286. The maximum Gasteiger partial charge on any atom is 0.129 e. The van der Waals surface area contributed by atoms with Crippen LogP contribution in [0.2, 0.25) is 0 Å². The second-order valence-corrected chi connectivity index (χ2v) is 5.22. The lowest BCUT2D eigenvalue weighted by molar-refractivity contribution is 0.609. The van der Waals surface area contributed by atoms with Crippen molar-refractivity contribution in [3.8, 4) is 0 Å².